The molecule has 0 amide bonds. The van der Waals surface area contributed by atoms with E-state index in [-0.39, 0.29) is 10.6 Å². The summed E-state index contributed by atoms with van der Waals surface area (Å²) in [4.78, 5) is 10.7. The van der Waals surface area contributed by atoms with Gasteiger partial charge in [0.05, 0.1) is 0 Å². The van der Waals surface area contributed by atoms with E-state index in [4.69, 9.17) is 16.7 Å². The van der Waals surface area contributed by atoms with Gasteiger partial charge in [-0.3, -0.25) is 0 Å². The molecule has 19 heavy (non-hydrogen) atoms. The average molecular weight is 292 g/mol. The highest BCUT2D eigenvalue weighted by molar-refractivity contribution is 6.30. The summed E-state index contributed by atoms with van der Waals surface area (Å²) in [5.74, 6) is -2.49. The summed E-state index contributed by atoms with van der Waals surface area (Å²) in [7, 11) is 0. The number of carboxylic acids is 1. The van der Waals surface area contributed by atoms with Crippen molar-refractivity contribution in [2.45, 2.75) is 6.18 Å². The topological polar surface area (TPSA) is 63.3 Å². The Balaban J connectivity index is 2.68. The first-order chi connectivity index (χ1) is 8.80. The van der Waals surface area contributed by atoms with Gasteiger partial charge in [0, 0.05) is 10.6 Å². The molecule has 0 aliphatic carbocycles. The predicted molar refractivity (Wildman–Crippen MR) is 58.9 cm³/mol. The number of hydrogen-bond donors (Lipinski definition) is 1. The zero-order valence-electron chi connectivity index (χ0n) is 9.03. The van der Waals surface area contributed by atoms with E-state index in [9.17, 15) is 18.0 Å². The van der Waals surface area contributed by atoms with Crippen molar-refractivity contribution >= 4 is 17.6 Å². The number of alkyl halides is 3. The second kappa shape index (κ2) is 4.58. The molecule has 4 nitrogen and oxygen atoms in total. The van der Waals surface area contributed by atoms with Gasteiger partial charge in [0.25, 0.3) is 0 Å². The first kappa shape index (κ1) is 13.4. The number of aromatic nitrogens is 1. The molecule has 8 heteroatoms. The lowest BCUT2D eigenvalue weighted by Gasteiger charge is -2.06. The smallest absolute Gasteiger partial charge is 0.422 e. The molecule has 0 fully saturated rings. The van der Waals surface area contributed by atoms with E-state index < -0.39 is 29.2 Å². The molecule has 1 aromatic carbocycles. The minimum absolute atomic E-state index is 0.000162. The third-order valence-electron chi connectivity index (χ3n) is 2.26. The van der Waals surface area contributed by atoms with Gasteiger partial charge >= 0.3 is 12.1 Å². The molecule has 2 rings (SSSR count). The van der Waals surface area contributed by atoms with Crippen LogP contribution in [0.1, 0.15) is 16.1 Å². The van der Waals surface area contributed by atoms with Crippen LogP contribution >= 0.6 is 11.6 Å². The van der Waals surface area contributed by atoms with E-state index in [1.165, 1.54) is 24.3 Å². The summed E-state index contributed by atoms with van der Waals surface area (Å²) in [6, 6.07) is 5.42. The second-order valence-electron chi connectivity index (χ2n) is 3.55. The standard InChI is InChI=1S/C11H5ClF3NO3/c12-6-3-1-2-5(4-6)9-7(11(13,14)15)8(10(17)18)16-19-9/h1-4H,(H,17,18). The normalized spacial score (nSPS) is 11.6. The third-order valence-corrected chi connectivity index (χ3v) is 2.50. The molecule has 0 bridgehead atoms. The number of nitrogens with zero attached hydrogens (tertiary/aromatic N) is 1. The molecule has 0 unspecified atom stereocenters. The Morgan fingerprint density at radius 3 is 2.58 bits per heavy atom. The predicted octanol–water partition coefficient (Wildman–Crippen LogP) is 3.71. The minimum Gasteiger partial charge on any atom is -0.476 e. The van der Waals surface area contributed by atoms with E-state index in [0.717, 1.165) is 0 Å². The lowest BCUT2D eigenvalue weighted by atomic mass is 10.1. The van der Waals surface area contributed by atoms with Gasteiger partial charge in [-0.25, -0.2) is 4.79 Å². The van der Waals surface area contributed by atoms with Crippen molar-refractivity contribution in [2.75, 3.05) is 0 Å². The number of aromatic carboxylic acids is 1. The fourth-order valence-corrected chi connectivity index (χ4v) is 1.72. The van der Waals surface area contributed by atoms with Crippen molar-refractivity contribution < 1.29 is 27.6 Å². The zero-order valence-corrected chi connectivity index (χ0v) is 9.79. The zero-order chi connectivity index (χ0) is 14.2. The molecule has 0 saturated heterocycles. The van der Waals surface area contributed by atoms with Crippen molar-refractivity contribution in [1.29, 1.82) is 0 Å². The van der Waals surface area contributed by atoms with Crippen molar-refractivity contribution in [3.63, 3.8) is 0 Å². The van der Waals surface area contributed by atoms with Crippen LogP contribution in [-0.2, 0) is 6.18 Å². The molecule has 1 aromatic heterocycles. The lowest BCUT2D eigenvalue weighted by Crippen LogP contribution is -2.12. The first-order valence-corrected chi connectivity index (χ1v) is 5.24. The van der Waals surface area contributed by atoms with Crippen LogP contribution in [0.15, 0.2) is 28.8 Å². The molecular formula is C11H5ClF3NO3. The fraction of sp³-hybridized carbons (Fsp3) is 0.0909. The Labute approximate surface area is 109 Å². The van der Waals surface area contributed by atoms with Crippen molar-refractivity contribution in [1.82, 2.24) is 5.16 Å². The molecule has 0 radical (unpaired) electrons. The Bertz CT molecular complexity index is 636. The number of rotatable bonds is 2. The SMILES string of the molecule is O=C(O)c1noc(-c2cccc(Cl)c2)c1C(F)(F)F. The third kappa shape index (κ3) is 2.55. The minimum atomic E-state index is -4.90. The quantitative estimate of drug-likeness (QED) is 0.916. The molecule has 100 valence electrons. The summed E-state index contributed by atoms with van der Waals surface area (Å²) in [5, 5.41) is 11.8. The molecular weight excluding hydrogens is 287 g/mol. The van der Waals surface area contributed by atoms with Crippen molar-refractivity contribution in [3.05, 3.63) is 40.5 Å². The number of halogens is 4. The maximum atomic E-state index is 12.9. The highest BCUT2D eigenvalue weighted by Gasteiger charge is 2.42. The van der Waals surface area contributed by atoms with Crippen molar-refractivity contribution in [2.24, 2.45) is 0 Å². The van der Waals surface area contributed by atoms with E-state index in [2.05, 4.69) is 9.68 Å². The Morgan fingerprint density at radius 2 is 2.05 bits per heavy atom. The molecule has 2 aromatic rings. The van der Waals surface area contributed by atoms with Gasteiger partial charge in [-0.15, -0.1) is 0 Å². The summed E-state index contributed by atoms with van der Waals surface area (Å²) in [6.45, 7) is 0. The molecule has 0 aliphatic rings. The van der Waals surface area contributed by atoms with Gasteiger partial charge in [-0.2, -0.15) is 13.2 Å². The van der Waals surface area contributed by atoms with Gasteiger partial charge < -0.3 is 9.63 Å². The monoisotopic (exact) mass is 291 g/mol. The van der Waals surface area contributed by atoms with E-state index in [0.29, 0.717) is 0 Å². The average Bonchev–Trinajstić information content (AvgIpc) is 2.73. The van der Waals surface area contributed by atoms with Crippen LogP contribution in [-0.4, -0.2) is 16.2 Å². The van der Waals surface area contributed by atoms with Crippen LogP contribution in [0.3, 0.4) is 0 Å². The van der Waals surface area contributed by atoms with Gasteiger partial charge in [0.2, 0.25) is 5.69 Å². The molecule has 0 spiro atoms. The van der Waals surface area contributed by atoms with E-state index in [1.807, 2.05) is 0 Å². The van der Waals surface area contributed by atoms with Crippen LogP contribution in [0.5, 0.6) is 0 Å². The Hall–Kier alpha value is -2.02. The Kier molecular flexibility index (Phi) is 3.23. The highest BCUT2D eigenvalue weighted by atomic mass is 35.5. The summed E-state index contributed by atoms with van der Waals surface area (Å²) in [6.07, 6.45) is -4.90. The van der Waals surface area contributed by atoms with Crippen LogP contribution in [0.4, 0.5) is 13.2 Å². The molecule has 1 heterocycles. The number of benzene rings is 1. The van der Waals surface area contributed by atoms with Crippen LogP contribution in [0.25, 0.3) is 11.3 Å². The number of hydrogen-bond acceptors (Lipinski definition) is 3. The summed E-state index contributed by atoms with van der Waals surface area (Å²) >= 11 is 5.67. The van der Waals surface area contributed by atoms with Crippen LogP contribution < -0.4 is 0 Å². The molecule has 0 aliphatic heterocycles. The van der Waals surface area contributed by atoms with Gasteiger partial charge in [-0.1, -0.05) is 28.9 Å². The summed E-state index contributed by atoms with van der Waals surface area (Å²) < 4.78 is 43.2. The molecule has 1 N–H and O–H groups in total. The Morgan fingerprint density at radius 1 is 1.37 bits per heavy atom. The fourth-order valence-electron chi connectivity index (χ4n) is 1.53. The number of carbonyl (C=O) groups is 1. The lowest BCUT2D eigenvalue weighted by molar-refractivity contribution is -0.137. The summed E-state index contributed by atoms with van der Waals surface area (Å²) in [5.41, 5.74) is -2.61. The van der Waals surface area contributed by atoms with Crippen LogP contribution in [0, 0.1) is 0 Å². The maximum Gasteiger partial charge on any atom is 0.422 e. The van der Waals surface area contributed by atoms with Crippen LogP contribution in [0.2, 0.25) is 5.02 Å². The van der Waals surface area contributed by atoms with E-state index in [1.54, 1.807) is 0 Å². The molecule has 0 atom stereocenters. The van der Waals surface area contributed by atoms with Gasteiger partial charge in [0.15, 0.2) is 5.76 Å². The largest absolute Gasteiger partial charge is 0.476 e. The van der Waals surface area contributed by atoms with Gasteiger partial charge in [-0.05, 0) is 12.1 Å². The number of carboxylic acid groups (broad SMARTS) is 1. The van der Waals surface area contributed by atoms with Crippen molar-refractivity contribution in [3.8, 4) is 11.3 Å². The van der Waals surface area contributed by atoms with Gasteiger partial charge in [0.1, 0.15) is 5.56 Å². The molecule has 0 saturated carbocycles. The second-order valence-corrected chi connectivity index (χ2v) is 3.98. The first-order valence-electron chi connectivity index (χ1n) is 4.87. The highest BCUT2D eigenvalue weighted by Crippen LogP contribution is 2.39. The maximum absolute atomic E-state index is 12.9. The van der Waals surface area contributed by atoms with E-state index >= 15 is 0 Å².